The van der Waals surface area contributed by atoms with Gasteiger partial charge in [-0.05, 0) is 65.6 Å². The van der Waals surface area contributed by atoms with Gasteiger partial charge in [0, 0.05) is 15.3 Å². The van der Waals surface area contributed by atoms with Crippen molar-refractivity contribution in [2.75, 3.05) is 0 Å². The van der Waals surface area contributed by atoms with E-state index in [9.17, 15) is 4.79 Å². The first-order valence-electron chi connectivity index (χ1n) is 6.60. The smallest absolute Gasteiger partial charge is 0.171 e. The highest BCUT2D eigenvalue weighted by Gasteiger charge is 2.28. The Morgan fingerprint density at radius 2 is 2.20 bits per heavy atom. The molecule has 0 radical (unpaired) electrons. The van der Waals surface area contributed by atoms with Gasteiger partial charge in [0.1, 0.15) is 0 Å². The van der Waals surface area contributed by atoms with Crippen LogP contribution in [-0.2, 0) is 6.42 Å². The van der Waals surface area contributed by atoms with Crippen molar-refractivity contribution in [3.63, 3.8) is 0 Å². The summed E-state index contributed by atoms with van der Waals surface area (Å²) in [4.78, 5) is 17.2. The van der Waals surface area contributed by atoms with E-state index in [1.807, 2.05) is 18.2 Å². The molecule has 0 amide bonds. The van der Waals surface area contributed by atoms with E-state index in [0.717, 1.165) is 28.5 Å². The molecule has 0 saturated carbocycles. The molecule has 1 aliphatic carbocycles. The highest BCUT2D eigenvalue weighted by molar-refractivity contribution is 14.1. The van der Waals surface area contributed by atoms with Crippen molar-refractivity contribution in [3.8, 4) is 0 Å². The van der Waals surface area contributed by atoms with Crippen molar-refractivity contribution < 1.29 is 4.79 Å². The van der Waals surface area contributed by atoms with Crippen LogP contribution in [0.3, 0.4) is 0 Å². The molecule has 1 unspecified atom stereocenters. The lowest BCUT2D eigenvalue weighted by molar-refractivity contribution is 0.0949. The third-order valence-corrected chi connectivity index (χ3v) is 5.29. The largest absolute Gasteiger partial charge is 0.293 e. The number of nitrogens with zero attached hydrogens (tertiary/aromatic N) is 1. The fourth-order valence-corrected chi connectivity index (χ4v) is 3.23. The molecule has 3 rings (SSSR count). The maximum absolute atomic E-state index is 12.7. The Labute approximate surface area is 136 Å². The summed E-state index contributed by atoms with van der Waals surface area (Å²) in [6.07, 6.45) is 4.69. The summed E-state index contributed by atoms with van der Waals surface area (Å²) in [5.41, 5.74) is 2.83. The van der Waals surface area contributed by atoms with Crippen LogP contribution < -0.4 is 0 Å². The van der Waals surface area contributed by atoms with Gasteiger partial charge >= 0.3 is 0 Å². The van der Waals surface area contributed by atoms with E-state index in [1.165, 1.54) is 5.56 Å². The first-order chi connectivity index (χ1) is 9.66. The Kier molecular flexibility index (Phi) is 4.08. The first-order valence-corrected chi connectivity index (χ1v) is 8.05. The number of halogens is 2. The number of hydrogen-bond acceptors (Lipinski definition) is 2. The van der Waals surface area contributed by atoms with E-state index in [2.05, 4.69) is 33.6 Å². The third kappa shape index (κ3) is 2.61. The Hall–Kier alpha value is -0.940. The molecule has 1 aliphatic rings. The second-order valence-electron chi connectivity index (χ2n) is 4.99. The number of Topliss-reactive ketones (excluding diaryl/α,β-unsaturated/α-hetero) is 1. The zero-order valence-electron chi connectivity index (χ0n) is 10.8. The van der Waals surface area contributed by atoms with Crippen LogP contribution in [-0.4, -0.2) is 10.8 Å². The minimum atomic E-state index is -0.129. The summed E-state index contributed by atoms with van der Waals surface area (Å²) in [6, 6.07) is 9.52. The molecule has 4 heteroatoms. The van der Waals surface area contributed by atoms with Crippen molar-refractivity contribution in [2.45, 2.75) is 25.2 Å². The van der Waals surface area contributed by atoms with Gasteiger partial charge in [-0.2, -0.15) is 0 Å². The summed E-state index contributed by atoms with van der Waals surface area (Å²) in [7, 11) is 0. The van der Waals surface area contributed by atoms with E-state index in [1.54, 1.807) is 12.3 Å². The topological polar surface area (TPSA) is 30.0 Å². The molecule has 0 bridgehead atoms. The molecular formula is C16H13ClINO. The van der Waals surface area contributed by atoms with Gasteiger partial charge in [0.25, 0.3) is 0 Å². The number of rotatable bonds is 2. The van der Waals surface area contributed by atoms with Crippen LogP contribution in [0.4, 0.5) is 0 Å². The van der Waals surface area contributed by atoms with Gasteiger partial charge < -0.3 is 0 Å². The quantitative estimate of drug-likeness (QED) is 0.546. The van der Waals surface area contributed by atoms with E-state index in [4.69, 9.17) is 11.6 Å². The van der Waals surface area contributed by atoms with Crippen molar-refractivity contribution >= 4 is 40.0 Å². The zero-order valence-corrected chi connectivity index (χ0v) is 13.7. The maximum Gasteiger partial charge on any atom is 0.171 e. The molecule has 2 aromatic rings. The normalized spacial score (nSPS) is 17.6. The molecule has 0 spiro atoms. The van der Waals surface area contributed by atoms with Gasteiger partial charge in [-0.15, -0.1) is 0 Å². The number of benzene rings is 1. The number of aromatic nitrogens is 1. The molecule has 0 fully saturated rings. The second-order valence-corrected chi connectivity index (χ2v) is 6.56. The van der Waals surface area contributed by atoms with Crippen molar-refractivity contribution in [2.24, 2.45) is 0 Å². The average Bonchev–Trinajstić information content (AvgIpc) is 2.49. The number of ketones is 1. The summed E-state index contributed by atoms with van der Waals surface area (Å²) < 4.78 is 0.961. The van der Waals surface area contributed by atoms with Crippen LogP contribution in [0.5, 0.6) is 0 Å². The molecule has 1 aromatic heterocycles. The Morgan fingerprint density at radius 1 is 1.35 bits per heavy atom. The van der Waals surface area contributed by atoms with E-state index in [-0.39, 0.29) is 11.7 Å². The fourth-order valence-electron chi connectivity index (χ4n) is 2.72. The summed E-state index contributed by atoms with van der Waals surface area (Å²) in [5, 5.41) is 0.633. The minimum absolute atomic E-state index is 0.128. The lowest BCUT2D eigenvalue weighted by atomic mass is 9.82. The van der Waals surface area contributed by atoms with Crippen molar-refractivity contribution in [1.29, 1.82) is 0 Å². The summed E-state index contributed by atoms with van der Waals surface area (Å²) in [6.45, 7) is 0. The highest BCUT2D eigenvalue weighted by Crippen LogP contribution is 2.33. The summed E-state index contributed by atoms with van der Waals surface area (Å²) >= 11 is 8.29. The van der Waals surface area contributed by atoms with Crippen molar-refractivity contribution in [1.82, 2.24) is 4.98 Å². The van der Waals surface area contributed by atoms with E-state index >= 15 is 0 Å². The zero-order chi connectivity index (χ0) is 14.1. The predicted molar refractivity (Wildman–Crippen MR) is 88.4 cm³/mol. The van der Waals surface area contributed by atoms with Crippen LogP contribution in [0.1, 0.15) is 40.4 Å². The Morgan fingerprint density at radius 3 is 3.00 bits per heavy atom. The van der Waals surface area contributed by atoms with Gasteiger partial charge in [-0.1, -0.05) is 23.7 Å². The molecule has 0 saturated heterocycles. The second kappa shape index (κ2) is 5.82. The third-order valence-electron chi connectivity index (χ3n) is 3.72. The number of fused-ring (bicyclic) bond motifs is 1. The van der Waals surface area contributed by atoms with Crippen LogP contribution in [0.25, 0.3) is 0 Å². The van der Waals surface area contributed by atoms with Gasteiger partial charge in [0.15, 0.2) is 5.78 Å². The minimum Gasteiger partial charge on any atom is -0.293 e. The van der Waals surface area contributed by atoms with E-state index in [0.29, 0.717) is 10.6 Å². The monoisotopic (exact) mass is 397 g/mol. The van der Waals surface area contributed by atoms with Crippen LogP contribution >= 0.6 is 34.2 Å². The molecule has 1 heterocycles. The van der Waals surface area contributed by atoms with Gasteiger partial charge in [0.2, 0.25) is 0 Å². The maximum atomic E-state index is 12.7. The number of carbonyl (C=O) groups is 1. The molecule has 20 heavy (non-hydrogen) atoms. The molecule has 0 aliphatic heterocycles. The Balaban J connectivity index is 1.97. The first kappa shape index (κ1) is 14.0. The van der Waals surface area contributed by atoms with Crippen LogP contribution in [0, 0.1) is 3.57 Å². The van der Waals surface area contributed by atoms with Crippen LogP contribution in [0.2, 0.25) is 5.02 Å². The van der Waals surface area contributed by atoms with Gasteiger partial charge in [0.05, 0.1) is 16.6 Å². The molecule has 2 nitrogen and oxygen atoms in total. The van der Waals surface area contributed by atoms with Crippen LogP contribution in [0.15, 0.2) is 36.5 Å². The molecule has 0 N–H and O–H groups in total. The number of aryl methyl sites for hydroxylation is 1. The standard InChI is InChI=1S/C16H13ClINO/c17-13-9-11(6-7-14(13)18)16(20)12-5-1-3-10-4-2-8-19-15(10)12/h2,4,6-9,12H,1,3,5H2. The number of pyridine rings is 1. The van der Waals surface area contributed by atoms with Crippen molar-refractivity contribution in [3.05, 3.63) is 61.9 Å². The molecular weight excluding hydrogens is 385 g/mol. The van der Waals surface area contributed by atoms with Gasteiger partial charge in [-0.25, -0.2) is 0 Å². The lowest BCUT2D eigenvalue weighted by Crippen LogP contribution is -2.20. The molecule has 102 valence electrons. The Bertz CT molecular complexity index is 671. The number of hydrogen-bond donors (Lipinski definition) is 0. The average molecular weight is 398 g/mol. The lowest BCUT2D eigenvalue weighted by Gasteiger charge is -2.23. The molecule has 1 aromatic carbocycles. The van der Waals surface area contributed by atoms with E-state index < -0.39 is 0 Å². The predicted octanol–water partition coefficient (Wildman–Crippen LogP) is 4.64. The SMILES string of the molecule is O=C(c1ccc(I)c(Cl)c1)C1CCCc2cccnc21. The van der Waals surface area contributed by atoms with Gasteiger partial charge in [-0.3, -0.25) is 9.78 Å². The fraction of sp³-hybridized carbons (Fsp3) is 0.250. The summed E-state index contributed by atoms with van der Waals surface area (Å²) in [5.74, 6) is -0.000900. The molecule has 1 atom stereocenters. The highest BCUT2D eigenvalue weighted by atomic mass is 127. The number of carbonyl (C=O) groups excluding carboxylic acids is 1.